The van der Waals surface area contributed by atoms with E-state index in [1.807, 2.05) is 24.3 Å². The van der Waals surface area contributed by atoms with Crippen molar-refractivity contribution in [1.82, 2.24) is 20.1 Å². The van der Waals surface area contributed by atoms with Gasteiger partial charge in [-0.1, -0.05) is 12.1 Å². The van der Waals surface area contributed by atoms with Crippen LogP contribution in [-0.4, -0.2) is 33.0 Å². The predicted octanol–water partition coefficient (Wildman–Crippen LogP) is 4.10. The van der Waals surface area contributed by atoms with Crippen molar-refractivity contribution in [2.75, 3.05) is 7.05 Å². The number of amides is 1. The molecule has 2 aromatic heterocycles. The summed E-state index contributed by atoms with van der Waals surface area (Å²) in [6, 6.07) is 13.8. The number of halogens is 1. The van der Waals surface area contributed by atoms with E-state index in [9.17, 15) is 9.18 Å². The van der Waals surface area contributed by atoms with E-state index in [1.54, 1.807) is 35.4 Å². The maximum absolute atomic E-state index is 13.1. The number of rotatable bonds is 4. The van der Waals surface area contributed by atoms with E-state index in [2.05, 4.69) is 15.2 Å². The lowest BCUT2D eigenvalue weighted by Crippen LogP contribution is -2.26. The zero-order valence-corrected chi connectivity index (χ0v) is 14.8. The Kier molecular flexibility index (Phi) is 4.22. The summed E-state index contributed by atoms with van der Waals surface area (Å²) in [6.07, 6.45) is 1.50. The minimum absolute atomic E-state index is 0.169. The molecular weight excluding hydrogens is 351 g/mol. The summed E-state index contributed by atoms with van der Waals surface area (Å²) in [7, 11) is 1.73. The van der Waals surface area contributed by atoms with Gasteiger partial charge in [0.1, 0.15) is 10.8 Å². The second-order valence-corrected chi connectivity index (χ2v) is 7.02. The Morgan fingerprint density at radius 2 is 1.96 bits per heavy atom. The van der Waals surface area contributed by atoms with Gasteiger partial charge in [-0.2, -0.15) is 5.10 Å². The van der Waals surface area contributed by atoms with Gasteiger partial charge in [-0.3, -0.25) is 9.89 Å². The van der Waals surface area contributed by atoms with Gasteiger partial charge < -0.3 is 4.90 Å². The second-order valence-electron chi connectivity index (χ2n) is 5.90. The molecule has 1 amide bonds. The lowest BCUT2D eigenvalue weighted by molar-refractivity contribution is 0.0786. The number of hydrogen-bond acceptors (Lipinski definition) is 4. The largest absolute Gasteiger partial charge is 0.335 e. The maximum Gasteiger partial charge on any atom is 0.257 e. The number of hydrogen-bond donors (Lipinski definition) is 1. The Morgan fingerprint density at radius 3 is 2.73 bits per heavy atom. The molecule has 7 heteroatoms. The summed E-state index contributed by atoms with van der Waals surface area (Å²) >= 11 is 1.57. The predicted molar refractivity (Wildman–Crippen MR) is 99.4 cm³/mol. The molecule has 4 rings (SSSR count). The molecule has 0 saturated heterocycles. The monoisotopic (exact) mass is 366 g/mol. The van der Waals surface area contributed by atoms with Crippen LogP contribution in [0, 0.1) is 5.82 Å². The van der Waals surface area contributed by atoms with Gasteiger partial charge in [-0.25, -0.2) is 9.37 Å². The first kappa shape index (κ1) is 16.4. The highest BCUT2D eigenvalue weighted by molar-refractivity contribution is 7.18. The van der Waals surface area contributed by atoms with E-state index >= 15 is 0 Å². The SMILES string of the molecule is CN(Cc1nc2ccccc2s1)C(=O)c1cn[nH]c1-c1ccc(F)cc1. The third kappa shape index (κ3) is 3.09. The van der Waals surface area contributed by atoms with Gasteiger partial charge in [-0.15, -0.1) is 11.3 Å². The van der Waals surface area contributed by atoms with Gasteiger partial charge in [0.25, 0.3) is 5.91 Å². The number of nitrogens with one attached hydrogen (secondary N) is 1. The zero-order chi connectivity index (χ0) is 18.1. The third-order valence-electron chi connectivity index (χ3n) is 4.06. The number of nitrogens with zero attached hydrogens (tertiary/aromatic N) is 3. The fourth-order valence-corrected chi connectivity index (χ4v) is 3.77. The zero-order valence-electron chi connectivity index (χ0n) is 13.9. The molecule has 26 heavy (non-hydrogen) atoms. The molecule has 0 fully saturated rings. The van der Waals surface area contributed by atoms with Crippen molar-refractivity contribution in [3.63, 3.8) is 0 Å². The third-order valence-corrected chi connectivity index (χ3v) is 5.08. The van der Waals surface area contributed by atoms with Crippen LogP contribution in [0.3, 0.4) is 0 Å². The van der Waals surface area contributed by atoms with Gasteiger partial charge in [0.2, 0.25) is 0 Å². The molecule has 2 heterocycles. The van der Waals surface area contributed by atoms with Crippen LogP contribution in [0.4, 0.5) is 4.39 Å². The number of aromatic amines is 1. The van der Waals surface area contributed by atoms with E-state index in [0.29, 0.717) is 23.4 Å². The molecule has 4 aromatic rings. The number of benzene rings is 2. The summed E-state index contributed by atoms with van der Waals surface area (Å²) in [5.74, 6) is -0.494. The molecule has 0 atom stereocenters. The van der Waals surface area contributed by atoms with Crippen molar-refractivity contribution in [1.29, 1.82) is 0 Å². The molecule has 0 aliphatic rings. The molecule has 0 unspecified atom stereocenters. The highest BCUT2D eigenvalue weighted by atomic mass is 32.1. The van der Waals surface area contributed by atoms with Gasteiger partial charge >= 0.3 is 0 Å². The molecule has 0 radical (unpaired) electrons. The first-order chi connectivity index (χ1) is 12.6. The number of carbonyl (C=O) groups excluding carboxylic acids is 1. The molecule has 0 bridgehead atoms. The minimum atomic E-state index is -0.325. The molecule has 0 spiro atoms. The van der Waals surface area contributed by atoms with Gasteiger partial charge in [0.15, 0.2) is 0 Å². The Morgan fingerprint density at radius 1 is 1.19 bits per heavy atom. The van der Waals surface area contributed by atoms with Crippen molar-refractivity contribution >= 4 is 27.5 Å². The van der Waals surface area contributed by atoms with E-state index in [1.165, 1.54) is 18.3 Å². The molecular formula is C19H15FN4OS. The number of para-hydroxylation sites is 1. The molecule has 2 aromatic carbocycles. The number of H-pyrrole nitrogens is 1. The van der Waals surface area contributed by atoms with Crippen LogP contribution in [0.25, 0.3) is 21.5 Å². The molecule has 130 valence electrons. The van der Waals surface area contributed by atoms with Gasteiger partial charge in [-0.05, 0) is 36.4 Å². The lowest BCUT2D eigenvalue weighted by Gasteiger charge is -2.15. The molecule has 0 saturated carbocycles. The minimum Gasteiger partial charge on any atom is -0.335 e. The molecule has 0 aliphatic heterocycles. The lowest BCUT2D eigenvalue weighted by atomic mass is 10.1. The highest BCUT2D eigenvalue weighted by Gasteiger charge is 2.20. The first-order valence-corrected chi connectivity index (χ1v) is 8.82. The number of aromatic nitrogens is 3. The van der Waals surface area contributed by atoms with Crippen molar-refractivity contribution in [3.8, 4) is 11.3 Å². The highest BCUT2D eigenvalue weighted by Crippen LogP contribution is 2.25. The molecule has 0 aliphatic carbocycles. The van der Waals surface area contributed by atoms with E-state index in [-0.39, 0.29) is 11.7 Å². The quantitative estimate of drug-likeness (QED) is 0.591. The number of carbonyl (C=O) groups is 1. The Balaban J connectivity index is 1.57. The average molecular weight is 366 g/mol. The Hall–Kier alpha value is -3.06. The topological polar surface area (TPSA) is 61.9 Å². The first-order valence-electron chi connectivity index (χ1n) is 8.01. The van der Waals surface area contributed by atoms with Crippen LogP contribution >= 0.6 is 11.3 Å². The van der Waals surface area contributed by atoms with Crippen LogP contribution in [-0.2, 0) is 6.54 Å². The fourth-order valence-electron chi connectivity index (χ4n) is 2.75. The Labute approximate surface area is 153 Å². The summed E-state index contributed by atoms with van der Waals surface area (Å²) in [6.45, 7) is 0.409. The number of thiazole rings is 1. The van der Waals surface area contributed by atoms with Crippen LogP contribution in [0.1, 0.15) is 15.4 Å². The summed E-state index contributed by atoms with van der Waals surface area (Å²) < 4.78 is 14.2. The molecule has 1 N–H and O–H groups in total. The van der Waals surface area contributed by atoms with Crippen molar-refractivity contribution in [2.45, 2.75) is 6.54 Å². The van der Waals surface area contributed by atoms with E-state index in [4.69, 9.17) is 0 Å². The van der Waals surface area contributed by atoms with Crippen LogP contribution in [0.5, 0.6) is 0 Å². The van der Waals surface area contributed by atoms with Crippen molar-refractivity contribution in [2.24, 2.45) is 0 Å². The standard InChI is InChI=1S/C19H15FN4OS/c1-24(11-17-22-15-4-2-3-5-16(15)26-17)19(25)14-10-21-23-18(14)12-6-8-13(20)9-7-12/h2-10H,11H2,1H3,(H,21,23). The number of fused-ring (bicyclic) bond motifs is 1. The summed E-state index contributed by atoms with van der Waals surface area (Å²) in [5.41, 5.74) is 2.66. The normalized spacial score (nSPS) is 11.0. The fraction of sp³-hybridized carbons (Fsp3) is 0.105. The van der Waals surface area contributed by atoms with Crippen LogP contribution in [0.15, 0.2) is 54.7 Å². The maximum atomic E-state index is 13.1. The van der Waals surface area contributed by atoms with Crippen molar-refractivity contribution < 1.29 is 9.18 Å². The smallest absolute Gasteiger partial charge is 0.257 e. The average Bonchev–Trinajstić information content (AvgIpc) is 3.28. The Bertz CT molecular complexity index is 1040. The van der Waals surface area contributed by atoms with Gasteiger partial charge in [0.05, 0.1) is 34.2 Å². The van der Waals surface area contributed by atoms with E-state index < -0.39 is 0 Å². The molecule has 5 nitrogen and oxygen atoms in total. The van der Waals surface area contributed by atoms with Crippen molar-refractivity contribution in [3.05, 3.63) is 71.1 Å². The van der Waals surface area contributed by atoms with E-state index in [0.717, 1.165) is 15.2 Å². The van der Waals surface area contributed by atoms with Crippen LogP contribution < -0.4 is 0 Å². The second kappa shape index (κ2) is 6.68. The van der Waals surface area contributed by atoms with Crippen LogP contribution in [0.2, 0.25) is 0 Å². The summed E-state index contributed by atoms with van der Waals surface area (Å²) in [5, 5.41) is 7.69. The summed E-state index contributed by atoms with van der Waals surface area (Å²) in [4.78, 5) is 19.0. The van der Waals surface area contributed by atoms with Gasteiger partial charge in [0, 0.05) is 12.6 Å².